The Morgan fingerprint density at radius 1 is 1.45 bits per heavy atom. The Hall–Kier alpha value is -1.92. The van der Waals surface area contributed by atoms with E-state index < -0.39 is 0 Å². The quantitative estimate of drug-likeness (QED) is 0.881. The van der Waals surface area contributed by atoms with Gasteiger partial charge in [-0.15, -0.1) is 11.3 Å². The number of carbonyl (C=O) groups is 1. The molecule has 20 heavy (non-hydrogen) atoms. The van der Waals surface area contributed by atoms with Gasteiger partial charge in [0.2, 0.25) is 0 Å². The second-order valence-electron chi connectivity index (χ2n) is 4.14. The number of para-hydroxylation sites is 1. The van der Waals surface area contributed by atoms with Crippen LogP contribution in [-0.4, -0.2) is 41.2 Å². The lowest BCUT2D eigenvalue weighted by molar-refractivity contribution is 0.0701. The van der Waals surface area contributed by atoms with Gasteiger partial charge in [-0.3, -0.25) is 4.79 Å². The lowest BCUT2D eigenvalue weighted by atomic mass is 10.2. The Balaban J connectivity index is 2.19. The van der Waals surface area contributed by atoms with Gasteiger partial charge in [-0.2, -0.15) is 0 Å². The minimum absolute atomic E-state index is 0.0922. The fourth-order valence-electron chi connectivity index (χ4n) is 1.89. The van der Waals surface area contributed by atoms with Crippen molar-refractivity contribution in [1.29, 1.82) is 0 Å². The maximum Gasteiger partial charge on any atom is 0.273 e. The second kappa shape index (κ2) is 7.02. The molecule has 0 spiro atoms. The van der Waals surface area contributed by atoms with Crippen LogP contribution in [0.3, 0.4) is 0 Å². The highest BCUT2D eigenvalue weighted by Gasteiger charge is 2.18. The lowest BCUT2D eigenvalue weighted by Crippen LogP contribution is -2.33. The number of hydrogen-bond acceptors (Lipinski definition) is 5. The standard InChI is InChI=1S/C14H16N2O3S/c1-19-13-5-3-2-4-11(13)8-16(6-7-17)14(18)12-9-20-10-15-12/h2-5,9-10,17H,6-8H2,1H3. The van der Waals surface area contributed by atoms with Crippen molar-refractivity contribution in [2.45, 2.75) is 6.54 Å². The predicted octanol–water partition coefficient (Wildman–Crippen LogP) is 1.79. The Morgan fingerprint density at radius 3 is 2.90 bits per heavy atom. The molecule has 5 nitrogen and oxygen atoms in total. The molecule has 2 aromatic rings. The zero-order chi connectivity index (χ0) is 14.4. The van der Waals surface area contributed by atoms with Gasteiger partial charge in [0.05, 0.1) is 19.2 Å². The molecule has 0 saturated heterocycles. The van der Waals surface area contributed by atoms with Crippen LogP contribution in [-0.2, 0) is 6.54 Å². The van der Waals surface area contributed by atoms with Gasteiger partial charge < -0.3 is 14.7 Å². The van der Waals surface area contributed by atoms with Crippen molar-refractivity contribution in [1.82, 2.24) is 9.88 Å². The van der Waals surface area contributed by atoms with E-state index in [0.717, 1.165) is 11.3 Å². The molecule has 0 saturated carbocycles. The van der Waals surface area contributed by atoms with Crippen LogP contribution in [0.25, 0.3) is 0 Å². The number of ether oxygens (including phenoxy) is 1. The third-order valence-electron chi connectivity index (χ3n) is 2.86. The number of carbonyl (C=O) groups excluding carboxylic acids is 1. The molecule has 0 radical (unpaired) electrons. The maximum absolute atomic E-state index is 12.3. The van der Waals surface area contributed by atoms with Gasteiger partial charge in [0.1, 0.15) is 11.4 Å². The molecule has 0 aliphatic carbocycles. The van der Waals surface area contributed by atoms with Crippen LogP contribution < -0.4 is 4.74 Å². The highest BCUT2D eigenvalue weighted by atomic mass is 32.1. The number of amides is 1. The zero-order valence-corrected chi connectivity index (χ0v) is 12.0. The second-order valence-corrected chi connectivity index (χ2v) is 4.85. The fraction of sp³-hybridized carbons (Fsp3) is 0.286. The molecule has 6 heteroatoms. The maximum atomic E-state index is 12.3. The smallest absolute Gasteiger partial charge is 0.273 e. The van der Waals surface area contributed by atoms with Crippen LogP contribution in [0.15, 0.2) is 35.2 Å². The SMILES string of the molecule is COc1ccccc1CN(CCO)C(=O)c1cscn1. The topological polar surface area (TPSA) is 62.7 Å². The monoisotopic (exact) mass is 292 g/mol. The van der Waals surface area contributed by atoms with Crippen LogP contribution in [0.2, 0.25) is 0 Å². The minimum Gasteiger partial charge on any atom is -0.496 e. The average Bonchev–Trinajstić information content (AvgIpc) is 3.01. The molecule has 1 aromatic carbocycles. The van der Waals surface area contributed by atoms with Crippen LogP contribution in [0.1, 0.15) is 16.1 Å². The zero-order valence-electron chi connectivity index (χ0n) is 11.2. The molecule has 1 heterocycles. The molecule has 0 fully saturated rings. The molecule has 0 aliphatic heterocycles. The predicted molar refractivity (Wildman–Crippen MR) is 76.9 cm³/mol. The number of rotatable bonds is 6. The summed E-state index contributed by atoms with van der Waals surface area (Å²) < 4.78 is 5.28. The molecule has 106 valence electrons. The van der Waals surface area contributed by atoms with E-state index in [0.29, 0.717) is 12.2 Å². The number of aromatic nitrogens is 1. The molecule has 0 atom stereocenters. The van der Waals surface area contributed by atoms with E-state index in [1.807, 2.05) is 24.3 Å². The average molecular weight is 292 g/mol. The molecule has 2 rings (SSSR count). The van der Waals surface area contributed by atoms with Crippen LogP contribution in [0, 0.1) is 0 Å². The molecule has 1 N–H and O–H groups in total. The van der Waals surface area contributed by atoms with Gasteiger partial charge in [0.25, 0.3) is 5.91 Å². The number of benzene rings is 1. The number of thiazole rings is 1. The van der Waals surface area contributed by atoms with Crippen LogP contribution in [0.4, 0.5) is 0 Å². The largest absolute Gasteiger partial charge is 0.496 e. The summed E-state index contributed by atoms with van der Waals surface area (Å²) in [5.41, 5.74) is 2.92. The molecule has 1 amide bonds. The van der Waals surface area contributed by atoms with Gasteiger partial charge in [-0.05, 0) is 6.07 Å². The van der Waals surface area contributed by atoms with Crippen molar-refractivity contribution in [3.63, 3.8) is 0 Å². The van der Waals surface area contributed by atoms with E-state index in [4.69, 9.17) is 9.84 Å². The van der Waals surface area contributed by atoms with Crippen molar-refractivity contribution in [2.75, 3.05) is 20.3 Å². The van der Waals surface area contributed by atoms with Gasteiger partial charge >= 0.3 is 0 Å². The normalized spacial score (nSPS) is 10.3. The number of aliphatic hydroxyl groups is 1. The van der Waals surface area contributed by atoms with Crippen molar-refractivity contribution in [2.24, 2.45) is 0 Å². The summed E-state index contributed by atoms with van der Waals surface area (Å²) in [5, 5.41) is 10.8. The summed E-state index contributed by atoms with van der Waals surface area (Å²) in [5.74, 6) is 0.535. The van der Waals surface area contributed by atoms with Gasteiger partial charge in [0, 0.05) is 24.0 Å². The van der Waals surface area contributed by atoms with E-state index in [-0.39, 0.29) is 19.1 Å². The molecular formula is C14H16N2O3S. The summed E-state index contributed by atoms with van der Waals surface area (Å²) in [6, 6.07) is 7.51. The first kappa shape index (κ1) is 14.5. The van der Waals surface area contributed by atoms with Crippen molar-refractivity contribution in [3.05, 3.63) is 46.4 Å². The Bertz CT molecular complexity index is 557. The highest BCUT2D eigenvalue weighted by Crippen LogP contribution is 2.20. The summed E-state index contributed by atoms with van der Waals surface area (Å²) in [7, 11) is 1.59. The first-order valence-electron chi connectivity index (χ1n) is 6.16. The van der Waals surface area contributed by atoms with E-state index in [1.54, 1.807) is 22.9 Å². The Kier molecular flexibility index (Phi) is 5.09. The third-order valence-corrected chi connectivity index (χ3v) is 3.45. The van der Waals surface area contributed by atoms with Crippen molar-refractivity contribution < 1.29 is 14.6 Å². The van der Waals surface area contributed by atoms with Crippen LogP contribution in [0.5, 0.6) is 5.75 Å². The Labute approximate surface area is 121 Å². The molecular weight excluding hydrogens is 276 g/mol. The molecule has 0 unspecified atom stereocenters. The summed E-state index contributed by atoms with van der Waals surface area (Å²) in [6.45, 7) is 0.542. The van der Waals surface area contributed by atoms with Gasteiger partial charge in [0.15, 0.2) is 0 Å². The molecule has 1 aromatic heterocycles. The summed E-state index contributed by atoms with van der Waals surface area (Å²) in [4.78, 5) is 17.9. The van der Waals surface area contributed by atoms with E-state index in [1.165, 1.54) is 11.3 Å². The van der Waals surface area contributed by atoms with E-state index >= 15 is 0 Å². The minimum atomic E-state index is -0.189. The van der Waals surface area contributed by atoms with Gasteiger partial charge in [-0.25, -0.2) is 4.98 Å². The van der Waals surface area contributed by atoms with Crippen LogP contribution >= 0.6 is 11.3 Å². The van der Waals surface area contributed by atoms with Crippen molar-refractivity contribution in [3.8, 4) is 5.75 Å². The van der Waals surface area contributed by atoms with Gasteiger partial charge in [-0.1, -0.05) is 18.2 Å². The highest BCUT2D eigenvalue weighted by molar-refractivity contribution is 7.07. The third kappa shape index (κ3) is 3.34. The molecule has 0 aliphatic rings. The first-order valence-corrected chi connectivity index (χ1v) is 7.10. The number of hydrogen-bond donors (Lipinski definition) is 1. The first-order chi connectivity index (χ1) is 9.76. The lowest BCUT2D eigenvalue weighted by Gasteiger charge is -2.22. The van der Waals surface area contributed by atoms with E-state index in [9.17, 15) is 4.79 Å². The fourth-order valence-corrected chi connectivity index (χ4v) is 2.42. The van der Waals surface area contributed by atoms with E-state index in [2.05, 4.69) is 4.98 Å². The number of nitrogens with zero attached hydrogens (tertiary/aromatic N) is 2. The summed E-state index contributed by atoms with van der Waals surface area (Å²) in [6.07, 6.45) is 0. The molecule has 0 bridgehead atoms. The number of aliphatic hydroxyl groups excluding tert-OH is 1. The summed E-state index contributed by atoms with van der Waals surface area (Å²) >= 11 is 1.37. The van der Waals surface area contributed by atoms with Crippen molar-refractivity contribution >= 4 is 17.2 Å². The number of methoxy groups -OCH3 is 1. The Morgan fingerprint density at radius 2 is 2.25 bits per heavy atom.